The zero-order valence-corrected chi connectivity index (χ0v) is 11.7. The van der Waals surface area contributed by atoms with E-state index in [4.69, 9.17) is 9.84 Å². The van der Waals surface area contributed by atoms with Crippen molar-refractivity contribution in [1.82, 2.24) is 5.32 Å². The first-order valence-corrected chi connectivity index (χ1v) is 6.34. The van der Waals surface area contributed by atoms with E-state index in [0.717, 1.165) is 0 Å². The first kappa shape index (κ1) is 14.8. The summed E-state index contributed by atoms with van der Waals surface area (Å²) in [6.07, 6.45) is 0.158. The standard InChI is InChI=1S/C13H23NO4/c1-7(2)10(8-6-9(8)11(15)16)14-12(17)18-13(3,4)5/h7-10H,6H2,1-5H3,(H,14,17)(H,15,16). The number of alkyl carbamates (subject to hydrolysis) is 1. The fourth-order valence-electron chi connectivity index (χ4n) is 2.11. The van der Waals surface area contributed by atoms with Gasteiger partial charge in [-0.3, -0.25) is 4.79 Å². The van der Waals surface area contributed by atoms with Gasteiger partial charge >= 0.3 is 12.1 Å². The maximum absolute atomic E-state index is 11.7. The normalized spacial score (nSPS) is 24.6. The van der Waals surface area contributed by atoms with Crippen LogP contribution in [0.1, 0.15) is 41.0 Å². The highest BCUT2D eigenvalue weighted by Gasteiger charge is 2.49. The Balaban J connectivity index is 2.55. The molecular formula is C13H23NO4. The van der Waals surface area contributed by atoms with E-state index in [0.29, 0.717) is 6.42 Å². The van der Waals surface area contributed by atoms with Crippen molar-refractivity contribution in [3.8, 4) is 0 Å². The predicted molar refractivity (Wildman–Crippen MR) is 67.2 cm³/mol. The van der Waals surface area contributed by atoms with Crippen molar-refractivity contribution in [3.63, 3.8) is 0 Å². The molecule has 1 rings (SSSR count). The van der Waals surface area contributed by atoms with Crippen LogP contribution in [0.15, 0.2) is 0 Å². The lowest BCUT2D eigenvalue weighted by Gasteiger charge is -2.26. The fraction of sp³-hybridized carbons (Fsp3) is 0.846. The lowest BCUT2D eigenvalue weighted by Crippen LogP contribution is -2.43. The molecule has 5 heteroatoms. The monoisotopic (exact) mass is 257 g/mol. The Hall–Kier alpha value is -1.26. The van der Waals surface area contributed by atoms with E-state index in [1.54, 1.807) is 20.8 Å². The molecule has 5 nitrogen and oxygen atoms in total. The van der Waals surface area contributed by atoms with Crippen LogP contribution in [0, 0.1) is 17.8 Å². The van der Waals surface area contributed by atoms with Gasteiger partial charge in [0.05, 0.1) is 5.92 Å². The van der Waals surface area contributed by atoms with Crippen LogP contribution in [-0.4, -0.2) is 28.8 Å². The molecule has 104 valence electrons. The van der Waals surface area contributed by atoms with E-state index in [2.05, 4.69) is 5.32 Å². The van der Waals surface area contributed by atoms with Gasteiger partial charge in [0, 0.05) is 6.04 Å². The molecule has 1 aliphatic rings. The number of ether oxygens (including phenoxy) is 1. The molecule has 0 spiro atoms. The Kier molecular flexibility index (Phi) is 4.24. The highest BCUT2D eigenvalue weighted by molar-refractivity contribution is 5.74. The van der Waals surface area contributed by atoms with Crippen molar-refractivity contribution < 1.29 is 19.4 Å². The molecule has 3 unspecified atom stereocenters. The number of carboxylic acids is 1. The fourth-order valence-corrected chi connectivity index (χ4v) is 2.11. The van der Waals surface area contributed by atoms with Crippen LogP contribution in [0.4, 0.5) is 4.79 Å². The van der Waals surface area contributed by atoms with Crippen LogP contribution in [0.5, 0.6) is 0 Å². The second-order valence-electron chi connectivity index (χ2n) is 6.26. The number of hydrogen-bond acceptors (Lipinski definition) is 3. The van der Waals surface area contributed by atoms with E-state index >= 15 is 0 Å². The SMILES string of the molecule is CC(C)C(NC(=O)OC(C)(C)C)C1CC1C(=O)O. The number of carbonyl (C=O) groups is 2. The van der Waals surface area contributed by atoms with E-state index in [1.165, 1.54) is 0 Å². The molecule has 1 fully saturated rings. The number of hydrogen-bond donors (Lipinski definition) is 2. The van der Waals surface area contributed by atoms with Crippen LogP contribution in [0.2, 0.25) is 0 Å². The van der Waals surface area contributed by atoms with Crippen molar-refractivity contribution in [2.24, 2.45) is 17.8 Å². The van der Waals surface area contributed by atoms with Gasteiger partial charge in [0.2, 0.25) is 0 Å². The summed E-state index contributed by atoms with van der Waals surface area (Å²) in [4.78, 5) is 22.6. The molecule has 3 atom stereocenters. The molecule has 0 saturated heterocycles. The van der Waals surface area contributed by atoms with Crippen molar-refractivity contribution in [2.75, 3.05) is 0 Å². The van der Waals surface area contributed by atoms with Gasteiger partial charge in [-0.1, -0.05) is 13.8 Å². The summed E-state index contributed by atoms with van der Waals surface area (Å²) in [5.74, 6) is -0.897. The molecule has 0 aromatic rings. The Morgan fingerprint density at radius 2 is 1.89 bits per heavy atom. The van der Waals surface area contributed by atoms with Crippen LogP contribution < -0.4 is 5.32 Å². The first-order valence-electron chi connectivity index (χ1n) is 6.34. The number of carbonyl (C=O) groups excluding carboxylic acids is 1. The maximum atomic E-state index is 11.7. The van der Waals surface area contributed by atoms with E-state index in [1.807, 2.05) is 13.8 Å². The zero-order chi connectivity index (χ0) is 14.1. The van der Waals surface area contributed by atoms with Crippen LogP contribution in [0.25, 0.3) is 0 Å². The Morgan fingerprint density at radius 3 is 2.22 bits per heavy atom. The topological polar surface area (TPSA) is 75.6 Å². The van der Waals surface area contributed by atoms with Crippen molar-refractivity contribution >= 4 is 12.1 Å². The number of nitrogens with one attached hydrogen (secondary N) is 1. The molecule has 0 radical (unpaired) electrons. The van der Waals surface area contributed by atoms with Crippen LogP contribution in [-0.2, 0) is 9.53 Å². The number of rotatable bonds is 4. The summed E-state index contributed by atoms with van der Waals surface area (Å²) in [5.41, 5.74) is -0.540. The Bertz CT molecular complexity index is 332. The van der Waals surface area contributed by atoms with Gasteiger partial charge in [-0.2, -0.15) is 0 Å². The Morgan fingerprint density at radius 1 is 1.33 bits per heavy atom. The zero-order valence-electron chi connectivity index (χ0n) is 11.7. The number of carboxylic acid groups (broad SMARTS) is 1. The highest BCUT2D eigenvalue weighted by Crippen LogP contribution is 2.43. The molecule has 0 bridgehead atoms. The second kappa shape index (κ2) is 5.16. The van der Waals surface area contributed by atoms with E-state index in [9.17, 15) is 9.59 Å². The van der Waals surface area contributed by atoms with Crippen molar-refractivity contribution in [1.29, 1.82) is 0 Å². The molecule has 2 N–H and O–H groups in total. The third-order valence-corrected chi connectivity index (χ3v) is 3.02. The van der Waals surface area contributed by atoms with E-state index in [-0.39, 0.29) is 23.8 Å². The smallest absolute Gasteiger partial charge is 0.407 e. The Labute approximate surface area is 108 Å². The molecule has 0 aromatic heterocycles. The quantitative estimate of drug-likeness (QED) is 0.810. The maximum Gasteiger partial charge on any atom is 0.407 e. The molecule has 1 amide bonds. The lowest BCUT2D eigenvalue weighted by atomic mass is 9.98. The summed E-state index contributed by atoms with van der Waals surface area (Å²) in [5, 5.41) is 11.7. The van der Waals surface area contributed by atoms with Crippen molar-refractivity contribution in [3.05, 3.63) is 0 Å². The van der Waals surface area contributed by atoms with Gasteiger partial charge in [-0.05, 0) is 39.0 Å². The first-order chi connectivity index (χ1) is 8.11. The summed E-state index contributed by atoms with van der Waals surface area (Å²) in [6, 6.07) is -0.138. The average Bonchev–Trinajstić information content (AvgIpc) is 2.89. The van der Waals surface area contributed by atoms with Gasteiger partial charge in [-0.15, -0.1) is 0 Å². The molecular weight excluding hydrogens is 234 g/mol. The van der Waals surface area contributed by atoms with Crippen LogP contribution >= 0.6 is 0 Å². The van der Waals surface area contributed by atoms with E-state index < -0.39 is 17.7 Å². The van der Waals surface area contributed by atoms with Gasteiger partial charge in [-0.25, -0.2) is 4.79 Å². The van der Waals surface area contributed by atoms with Gasteiger partial charge in [0.25, 0.3) is 0 Å². The predicted octanol–water partition coefficient (Wildman–Crippen LogP) is 2.26. The minimum atomic E-state index is -0.781. The molecule has 0 aromatic carbocycles. The molecule has 18 heavy (non-hydrogen) atoms. The summed E-state index contributed by atoms with van der Waals surface area (Å²) >= 11 is 0. The van der Waals surface area contributed by atoms with Gasteiger partial charge < -0.3 is 15.2 Å². The van der Waals surface area contributed by atoms with Crippen molar-refractivity contribution in [2.45, 2.75) is 52.7 Å². The molecule has 1 saturated carbocycles. The summed E-state index contributed by atoms with van der Waals surface area (Å²) < 4.78 is 5.19. The summed E-state index contributed by atoms with van der Waals surface area (Å²) in [7, 11) is 0. The minimum absolute atomic E-state index is 0.0232. The number of aliphatic carboxylic acids is 1. The third-order valence-electron chi connectivity index (χ3n) is 3.02. The molecule has 0 heterocycles. The minimum Gasteiger partial charge on any atom is -0.481 e. The largest absolute Gasteiger partial charge is 0.481 e. The number of amides is 1. The highest BCUT2D eigenvalue weighted by atomic mass is 16.6. The molecule has 1 aliphatic carbocycles. The second-order valence-corrected chi connectivity index (χ2v) is 6.26. The third kappa shape index (κ3) is 4.20. The molecule has 0 aliphatic heterocycles. The lowest BCUT2D eigenvalue weighted by molar-refractivity contribution is -0.139. The van der Waals surface area contributed by atoms with Crippen LogP contribution in [0.3, 0.4) is 0 Å². The summed E-state index contributed by atoms with van der Waals surface area (Å²) in [6.45, 7) is 9.34. The van der Waals surface area contributed by atoms with Gasteiger partial charge in [0.15, 0.2) is 0 Å². The average molecular weight is 257 g/mol. The van der Waals surface area contributed by atoms with Gasteiger partial charge in [0.1, 0.15) is 5.60 Å².